The van der Waals surface area contributed by atoms with Crippen molar-refractivity contribution in [3.05, 3.63) is 34.1 Å². The van der Waals surface area contributed by atoms with Gasteiger partial charge in [0, 0.05) is 24.7 Å². The Balaban J connectivity index is 2.01. The van der Waals surface area contributed by atoms with Crippen molar-refractivity contribution < 1.29 is 0 Å². The summed E-state index contributed by atoms with van der Waals surface area (Å²) in [5, 5.41) is 3.24. The molecule has 0 spiro atoms. The van der Waals surface area contributed by atoms with Crippen LogP contribution in [0.15, 0.2) is 18.2 Å². The van der Waals surface area contributed by atoms with Crippen molar-refractivity contribution in [3.8, 4) is 10.6 Å². The molecule has 0 saturated carbocycles. The number of rotatable bonds is 2. The molecule has 3 heterocycles. The van der Waals surface area contributed by atoms with E-state index in [-0.39, 0.29) is 0 Å². The monoisotopic (exact) mass is 265 g/mol. The summed E-state index contributed by atoms with van der Waals surface area (Å²) < 4.78 is 0.795. The number of aryl methyl sites for hydroxylation is 1. The van der Waals surface area contributed by atoms with Crippen LogP contribution < -0.4 is 5.32 Å². The minimum absolute atomic E-state index is 0.462. The maximum absolute atomic E-state index is 5.96. The first-order chi connectivity index (χ1) is 8.22. The van der Waals surface area contributed by atoms with E-state index >= 15 is 0 Å². The summed E-state index contributed by atoms with van der Waals surface area (Å²) in [6.45, 7) is 3.97. The summed E-state index contributed by atoms with van der Waals surface area (Å²) in [5.41, 5.74) is 2.00. The van der Waals surface area contributed by atoms with E-state index in [0.29, 0.717) is 5.92 Å². The highest BCUT2D eigenvalue weighted by molar-refractivity contribution is 7.19. The normalized spacial score (nSPS) is 15.9. The fourth-order valence-electron chi connectivity index (χ4n) is 1.82. The molecule has 1 aliphatic rings. The average Bonchev–Trinajstić information content (AvgIpc) is 2.61. The second-order valence-corrected chi connectivity index (χ2v) is 5.93. The van der Waals surface area contributed by atoms with Crippen molar-refractivity contribution in [2.45, 2.75) is 12.8 Å². The largest absolute Gasteiger partial charge is 0.315 e. The molecule has 1 N–H and O–H groups in total. The third kappa shape index (κ3) is 2.20. The molecular formula is C12H12ClN3S. The van der Waals surface area contributed by atoms with Crippen LogP contribution in [-0.2, 0) is 0 Å². The Bertz CT molecular complexity index is 548. The molecule has 0 aliphatic carbocycles. The van der Waals surface area contributed by atoms with Crippen LogP contribution in [-0.4, -0.2) is 23.1 Å². The molecule has 2 aromatic rings. The van der Waals surface area contributed by atoms with Crippen LogP contribution in [0.1, 0.15) is 17.4 Å². The number of aromatic nitrogens is 2. The molecule has 5 heteroatoms. The van der Waals surface area contributed by atoms with Gasteiger partial charge < -0.3 is 5.32 Å². The second-order valence-electron chi connectivity index (χ2n) is 4.21. The molecule has 1 fully saturated rings. The van der Waals surface area contributed by atoms with E-state index in [1.54, 1.807) is 11.3 Å². The lowest BCUT2D eigenvalue weighted by Crippen LogP contribution is -2.40. The smallest absolute Gasteiger partial charge is 0.134 e. The van der Waals surface area contributed by atoms with Gasteiger partial charge in [0.1, 0.15) is 5.82 Å². The lowest BCUT2D eigenvalue weighted by molar-refractivity contribution is 0.429. The van der Waals surface area contributed by atoms with Crippen LogP contribution in [0, 0.1) is 6.92 Å². The number of nitrogens with one attached hydrogen (secondary N) is 1. The molecule has 0 amide bonds. The van der Waals surface area contributed by atoms with Crippen LogP contribution in [0.2, 0.25) is 4.34 Å². The van der Waals surface area contributed by atoms with E-state index in [9.17, 15) is 0 Å². The van der Waals surface area contributed by atoms with Crippen LogP contribution in [0.25, 0.3) is 10.6 Å². The Labute approximate surface area is 109 Å². The van der Waals surface area contributed by atoms with Gasteiger partial charge in [-0.25, -0.2) is 9.97 Å². The molecule has 0 aromatic carbocycles. The highest BCUT2D eigenvalue weighted by atomic mass is 35.5. The quantitative estimate of drug-likeness (QED) is 0.907. The van der Waals surface area contributed by atoms with Gasteiger partial charge in [-0.3, -0.25) is 0 Å². The molecular weight excluding hydrogens is 254 g/mol. The van der Waals surface area contributed by atoms with Crippen LogP contribution in [0.3, 0.4) is 0 Å². The summed E-state index contributed by atoms with van der Waals surface area (Å²) in [6.07, 6.45) is 0. The lowest BCUT2D eigenvalue weighted by atomic mass is 10.0. The van der Waals surface area contributed by atoms with E-state index in [0.717, 1.165) is 39.5 Å². The minimum Gasteiger partial charge on any atom is -0.315 e. The molecule has 17 heavy (non-hydrogen) atoms. The van der Waals surface area contributed by atoms with Crippen molar-refractivity contribution in [1.29, 1.82) is 0 Å². The standard InChI is InChI=1S/C12H12ClN3S/c1-7-4-9(10-2-3-11(13)17-10)16-12(15-7)8-5-14-6-8/h2-4,8,14H,5-6H2,1H3. The SMILES string of the molecule is Cc1cc(-c2ccc(Cl)s2)nc(C2CNC2)n1. The zero-order valence-corrected chi connectivity index (χ0v) is 11.0. The Morgan fingerprint density at radius 3 is 2.76 bits per heavy atom. The van der Waals surface area contributed by atoms with Crippen molar-refractivity contribution in [2.24, 2.45) is 0 Å². The van der Waals surface area contributed by atoms with Crippen molar-refractivity contribution in [1.82, 2.24) is 15.3 Å². The highest BCUT2D eigenvalue weighted by Gasteiger charge is 2.22. The molecule has 2 aromatic heterocycles. The molecule has 3 rings (SSSR count). The first-order valence-electron chi connectivity index (χ1n) is 5.54. The molecule has 0 unspecified atom stereocenters. The van der Waals surface area contributed by atoms with Gasteiger partial charge in [-0.05, 0) is 25.1 Å². The van der Waals surface area contributed by atoms with Gasteiger partial charge in [-0.15, -0.1) is 11.3 Å². The van der Waals surface area contributed by atoms with Crippen LogP contribution >= 0.6 is 22.9 Å². The number of hydrogen-bond donors (Lipinski definition) is 1. The first kappa shape index (κ1) is 11.1. The number of nitrogens with zero attached hydrogens (tertiary/aromatic N) is 2. The number of thiophene rings is 1. The summed E-state index contributed by atoms with van der Waals surface area (Å²) in [5.74, 6) is 1.41. The van der Waals surface area contributed by atoms with Crippen molar-refractivity contribution in [2.75, 3.05) is 13.1 Å². The summed E-state index contributed by atoms with van der Waals surface area (Å²) >= 11 is 7.51. The van der Waals surface area contributed by atoms with Crippen LogP contribution in [0.5, 0.6) is 0 Å². The molecule has 1 aliphatic heterocycles. The van der Waals surface area contributed by atoms with Crippen molar-refractivity contribution in [3.63, 3.8) is 0 Å². The van der Waals surface area contributed by atoms with Gasteiger partial charge in [0.2, 0.25) is 0 Å². The molecule has 1 saturated heterocycles. The first-order valence-corrected chi connectivity index (χ1v) is 6.74. The number of hydrogen-bond acceptors (Lipinski definition) is 4. The molecule has 3 nitrogen and oxygen atoms in total. The molecule has 0 atom stereocenters. The van der Waals surface area contributed by atoms with Gasteiger partial charge in [0.25, 0.3) is 0 Å². The fraction of sp³-hybridized carbons (Fsp3) is 0.333. The molecule has 0 radical (unpaired) electrons. The van der Waals surface area contributed by atoms with Gasteiger partial charge in [-0.1, -0.05) is 11.6 Å². The van der Waals surface area contributed by atoms with Gasteiger partial charge >= 0.3 is 0 Å². The second kappa shape index (κ2) is 4.37. The van der Waals surface area contributed by atoms with Gasteiger partial charge in [-0.2, -0.15) is 0 Å². The van der Waals surface area contributed by atoms with E-state index < -0.39 is 0 Å². The predicted octanol–water partition coefficient (Wildman–Crippen LogP) is 2.85. The fourth-order valence-corrected chi connectivity index (χ4v) is 2.83. The maximum Gasteiger partial charge on any atom is 0.134 e. The summed E-state index contributed by atoms with van der Waals surface area (Å²) in [4.78, 5) is 10.3. The van der Waals surface area contributed by atoms with Gasteiger partial charge in [0.15, 0.2) is 0 Å². The predicted molar refractivity (Wildman–Crippen MR) is 70.7 cm³/mol. The zero-order chi connectivity index (χ0) is 11.8. The van der Waals surface area contributed by atoms with E-state index in [2.05, 4.69) is 15.3 Å². The zero-order valence-electron chi connectivity index (χ0n) is 9.40. The Morgan fingerprint density at radius 2 is 2.18 bits per heavy atom. The third-order valence-electron chi connectivity index (χ3n) is 2.84. The minimum atomic E-state index is 0.462. The average molecular weight is 266 g/mol. The van der Waals surface area contributed by atoms with E-state index in [1.807, 2.05) is 25.1 Å². The maximum atomic E-state index is 5.96. The molecule has 0 bridgehead atoms. The third-order valence-corrected chi connectivity index (χ3v) is 4.10. The van der Waals surface area contributed by atoms with E-state index in [1.165, 1.54) is 0 Å². The summed E-state index contributed by atoms with van der Waals surface area (Å²) in [6, 6.07) is 5.93. The van der Waals surface area contributed by atoms with E-state index in [4.69, 9.17) is 11.6 Å². The Morgan fingerprint density at radius 1 is 1.35 bits per heavy atom. The highest BCUT2D eigenvalue weighted by Crippen LogP contribution is 2.30. The Kier molecular flexibility index (Phi) is 2.86. The number of halogens is 1. The lowest BCUT2D eigenvalue weighted by Gasteiger charge is -2.25. The molecule has 88 valence electrons. The van der Waals surface area contributed by atoms with Crippen molar-refractivity contribution >= 4 is 22.9 Å². The van der Waals surface area contributed by atoms with Gasteiger partial charge in [0.05, 0.1) is 14.9 Å². The summed E-state index contributed by atoms with van der Waals surface area (Å²) in [7, 11) is 0. The Hall–Kier alpha value is -0.970. The van der Waals surface area contributed by atoms with Crippen LogP contribution in [0.4, 0.5) is 0 Å². The topological polar surface area (TPSA) is 37.8 Å².